The van der Waals surface area contributed by atoms with Gasteiger partial charge >= 0.3 is 0 Å². The van der Waals surface area contributed by atoms with E-state index in [1.807, 2.05) is 6.92 Å². The smallest absolute Gasteiger partial charge is 0.187 e. The minimum atomic E-state index is -1.81. The molecule has 3 aliphatic heterocycles. The molecule has 22 atom stereocenters. The summed E-state index contributed by atoms with van der Waals surface area (Å²) >= 11 is 0. The van der Waals surface area contributed by atoms with Gasteiger partial charge in [0.1, 0.15) is 47.8 Å². The van der Waals surface area contributed by atoms with Crippen molar-refractivity contribution in [3.8, 4) is 0 Å². The second-order valence-electron chi connectivity index (χ2n) is 18.5. The molecule has 0 aromatic carbocycles. The normalized spacial score (nSPS) is 56.0. The van der Waals surface area contributed by atoms with Gasteiger partial charge in [0, 0.05) is 25.9 Å². The van der Waals surface area contributed by atoms with Gasteiger partial charge in [0.25, 0.3) is 0 Å². The maximum Gasteiger partial charge on any atom is 0.187 e. The van der Waals surface area contributed by atoms with Crippen molar-refractivity contribution >= 4 is 0 Å². The predicted molar refractivity (Wildman–Crippen MR) is 196 cm³/mol. The Bertz CT molecular complexity index is 1450. The summed E-state index contributed by atoms with van der Waals surface area (Å²) in [5, 5.41) is 110. The van der Waals surface area contributed by atoms with Crippen molar-refractivity contribution in [1.29, 1.82) is 0 Å². The Hall–Kier alpha value is -0.940. The Balaban J connectivity index is 0.967. The molecular weight excluding hydrogens is 752 g/mol. The highest BCUT2D eigenvalue weighted by Crippen LogP contribution is 2.71. The van der Waals surface area contributed by atoms with Crippen LogP contribution in [0.4, 0.5) is 0 Å². The zero-order chi connectivity index (χ0) is 41.6. The van der Waals surface area contributed by atoms with Crippen LogP contribution in [-0.2, 0) is 33.2 Å². The van der Waals surface area contributed by atoms with E-state index in [0.717, 1.165) is 5.57 Å². The fourth-order valence-corrected chi connectivity index (χ4v) is 12.1. The highest BCUT2D eigenvalue weighted by Gasteiger charge is 2.80. The van der Waals surface area contributed by atoms with E-state index in [9.17, 15) is 51.1 Å². The molecule has 57 heavy (non-hydrogen) atoms. The number of fused-ring (bicyclic) bond motifs is 5. The van der Waals surface area contributed by atoms with Crippen LogP contribution in [0.1, 0.15) is 92.4 Å². The van der Waals surface area contributed by atoms with Crippen molar-refractivity contribution in [2.24, 2.45) is 16.7 Å². The molecule has 0 spiro atoms. The van der Waals surface area contributed by atoms with E-state index in [-0.39, 0.29) is 38.2 Å². The lowest BCUT2D eigenvalue weighted by molar-refractivity contribution is -0.352. The summed E-state index contributed by atoms with van der Waals surface area (Å²) in [7, 11) is 1.57. The number of rotatable bonds is 9. The summed E-state index contributed by atoms with van der Waals surface area (Å²) < 4.78 is 42.4. The van der Waals surface area contributed by atoms with Crippen LogP contribution >= 0.6 is 0 Å². The second-order valence-corrected chi connectivity index (χ2v) is 18.5. The Labute approximate surface area is 333 Å². The second kappa shape index (κ2) is 15.8. The quantitative estimate of drug-likeness (QED) is 0.123. The lowest BCUT2D eigenvalue weighted by atomic mass is 9.41. The molecule has 6 fully saturated rings. The summed E-state index contributed by atoms with van der Waals surface area (Å²) in [6.45, 7) is 8.03. The van der Waals surface area contributed by atoms with Crippen molar-refractivity contribution in [2.75, 3.05) is 13.7 Å². The molecule has 0 aromatic rings. The largest absolute Gasteiger partial charge is 0.394 e. The number of methoxy groups -OCH3 is 1. The molecule has 4 aliphatic carbocycles. The van der Waals surface area contributed by atoms with Crippen molar-refractivity contribution in [3.63, 3.8) is 0 Å². The van der Waals surface area contributed by atoms with Crippen molar-refractivity contribution in [2.45, 2.75) is 207 Å². The standard InChI is InChI=1S/C40H66O17/c1-18-33(57-35-32(47)31(46)30(45)25(17-41)55-35)23(43)14-28(52-18)56-34-19(2)53-29(15-24(34)51-6)54-22-8-9-36(4)21(13-22)7-10-39(49)26(36)16-27(44)37(5)38(48,20(3)42)11-12-40(37,39)50/h13,18-20,22-35,41-50H,7-12,14-17H2,1-6H3. The third-order valence-corrected chi connectivity index (χ3v) is 15.7. The van der Waals surface area contributed by atoms with Gasteiger partial charge in [-0.05, 0) is 71.1 Å². The molecule has 0 radical (unpaired) electrons. The fraction of sp³-hybridized carbons (Fsp3) is 0.950. The monoisotopic (exact) mass is 818 g/mol. The molecule has 328 valence electrons. The van der Waals surface area contributed by atoms with Crippen LogP contribution in [-0.4, -0.2) is 180 Å². The van der Waals surface area contributed by atoms with Gasteiger partial charge in [-0.3, -0.25) is 0 Å². The summed E-state index contributed by atoms with van der Waals surface area (Å²) in [5.74, 6) is -0.491. The molecule has 0 bridgehead atoms. The first-order valence-electron chi connectivity index (χ1n) is 20.7. The Morgan fingerprint density at radius 1 is 0.807 bits per heavy atom. The molecule has 3 saturated carbocycles. The molecule has 10 N–H and O–H groups in total. The van der Waals surface area contributed by atoms with E-state index in [1.54, 1.807) is 21.0 Å². The number of allylic oxidation sites excluding steroid dienone is 1. The Morgan fingerprint density at radius 2 is 1.47 bits per heavy atom. The summed E-state index contributed by atoms with van der Waals surface area (Å²) in [4.78, 5) is 0. The molecule has 22 unspecified atom stereocenters. The maximum atomic E-state index is 12.5. The molecule has 3 heterocycles. The van der Waals surface area contributed by atoms with Crippen molar-refractivity contribution in [3.05, 3.63) is 11.6 Å². The first kappa shape index (κ1) is 44.1. The molecular formula is C40H66O17. The van der Waals surface area contributed by atoms with Crippen LogP contribution in [0.15, 0.2) is 11.6 Å². The third kappa shape index (κ3) is 6.79. The maximum absolute atomic E-state index is 12.5. The van der Waals surface area contributed by atoms with E-state index in [2.05, 4.69) is 13.0 Å². The third-order valence-electron chi connectivity index (χ3n) is 15.7. The van der Waals surface area contributed by atoms with E-state index in [1.165, 1.54) is 6.92 Å². The highest BCUT2D eigenvalue weighted by atomic mass is 16.7. The van der Waals surface area contributed by atoms with Crippen LogP contribution in [0.5, 0.6) is 0 Å². The number of ether oxygens (including phenoxy) is 7. The summed E-state index contributed by atoms with van der Waals surface area (Å²) in [6, 6.07) is 0. The molecule has 7 aliphatic rings. The first-order chi connectivity index (χ1) is 26.7. The number of aliphatic hydroxyl groups excluding tert-OH is 7. The Morgan fingerprint density at radius 3 is 2.11 bits per heavy atom. The van der Waals surface area contributed by atoms with Gasteiger partial charge in [0.15, 0.2) is 18.9 Å². The van der Waals surface area contributed by atoms with Gasteiger partial charge in [-0.1, -0.05) is 25.5 Å². The van der Waals surface area contributed by atoms with Gasteiger partial charge in [-0.15, -0.1) is 0 Å². The van der Waals surface area contributed by atoms with Crippen molar-refractivity contribution < 1.29 is 84.2 Å². The summed E-state index contributed by atoms with van der Waals surface area (Å²) in [6.07, 6.45) is -11.4. The number of hydrogen-bond donors (Lipinski definition) is 10. The lowest BCUT2D eigenvalue weighted by Crippen LogP contribution is -2.78. The van der Waals surface area contributed by atoms with Crippen LogP contribution in [0.25, 0.3) is 0 Å². The summed E-state index contributed by atoms with van der Waals surface area (Å²) in [5.41, 5.74) is -6.14. The SMILES string of the molecule is COC1CC(OC2C=C3CCC4(O)C(CC(O)C5(C)C(O)(C(C)O)CCC45O)C3(C)CC2)OC(C)C1OC1CC(O)C(OC2OC(CO)C(O)C(O)C2O)C(C)O1. The van der Waals surface area contributed by atoms with E-state index < -0.39 is 132 Å². The molecule has 0 aromatic heterocycles. The average Bonchev–Trinajstić information content (AvgIpc) is 3.39. The predicted octanol–water partition coefficient (Wildman–Crippen LogP) is -1.14. The van der Waals surface area contributed by atoms with E-state index in [4.69, 9.17) is 33.2 Å². The molecule has 17 nitrogen and oxygen atoms in total. The average molecular weight is 819 g/mol. The fourth-order valence-electron chi connectivity index (χ4n) is 12.1. The van der Waals surface area contributed by atoms with Gasteiger partial charge < -0.3 is 84.2 Å². The minimum Gasteiger partial charge on any atom is -0.394 e. The van der Waals surface area contributed by atoms with E-state index >= 15 is 0 Å². The molecule has 17 heteroatoms. The molecule has 3 saturated heterocycles. The highest BCUT2D eigenvalue weighted by molar-refractivity contribution is 5.35. The van der Waals surface area contributed by atoms with Gasteiger partial charge in [0.05, 0.1) is 60.4 Å². The minimum absolute atomic E-state index is 0.00829. The van der Waals surface area contributed by atoms with Gasteiger partial charge in [0.2, 0.25) is 0 Å². The molecule has 0 amide bonds. The van der Waals surface area contributed by atoms with Crippen LogP contribution in [0.3, 0.4) is 0 Å². The zero-order valence-electron chi connectivity index (χ0n) is 33.8. The van der Waals surface area contributed by atoms with Gasteiger partial charge in [-0.2, -0.15) is 0 Å². The van der Waals surface area contributed by atoms with Crippen molar-refractivity contribution in [1.82, 2.24) is 0 Å². The number of hydrogen-bond acceptors (Lipinski definition) is 17. The van der Waals surface area contributed by atoms with Crippen LogP contribution in [0.2, 0.25) is 0 Å². The number of aliphatic hydroxyl groups is 10. The first-order valence-corrected chi connectivity index (χ1v) is 20.7. The van der Waals surface area contributed by atoms with E-state index in [0.29, 0.717) is 25.7 Å². The Kier molecular flexibility index (Phi) is 12.2. The zero-order valence-corrected chi connectivity index (χ0v) is 33.8. The van der Waals surface area contributed by atoms with Crippen LogP contribution in [0, 0.1) is 16.7 Å². The molecule has 7 rings (SSSR count). The lowest BCUT2D eigenvalue weighted by Gasteiger charge is -2.67. The van der Waals surface area contributed by atoms with Crippen LogP contribution < -0.4 is 0 Å². The van der Waals surface area contributed by atoms with Gasteiger partial charge in [-0.25, -0.2) is 0 Å². The topological polar surface area (TPSA) is 267 Å².